The molecule has 1 aromatic heterocycles. The smallest absolute Gasteiger partial charge is 0.276 e. The molecule has 1 aliphatic heterocycles. The molecule has 1 N–H and O–H groups in total. The molecule has 0 saturated carbocycles. The lowest BCUT2D eigenvalue weighted by Gasteiger charge is -2.14. The minimum atomic E-state index is -0.197. The molecular formula is C18H23N3O3. The number of carbonyl (C=O) groups excluding carboxylic acids is 1. The van der Waals surface area contributed by atoms with Gasteiger partial charge in [0.15, 0.2) is 5.69 Å². The van der Waals surface area contributed by atoms with E-state index in [1.807, 2.05) is 28.9 Å². The normalized spacial score (nSPS) is 13.6. The van der Waals surface area contributed by atoms with Crippen molar-refractivity contribution in [3.63, 3.8) is 0 Å². The first-order valence-corrected chi connectivity index (χ1v) is 8.28. The summed E-state index contributed by atoms with van der Waals surface area (Å²) in [4.78, 5) is 12.7. The summed E-state index contributed by atoms with van der Waals surface area (Å²) in [6.45, 7) is 4.39. The van der Waals surface area contributed by atoms with E-state index in [2.05, 4.69) is 17.3 Å². The number of benzene rings is 1. The molecule has 6 nitrogen and oxygen atoms in total. The van der Waals surface area contributed by atoms with Crippen molar-refractivity contribution in [3.8, 4) is 0 Å². The van der Waals surface area contributed by atoms with E-state index in [1.54, 1.807) is 7.11 Å². The van der Waals surface area contributed by atoms with E-state index in [0.29, 0.717) is 32.1 Å². The Hall–Kier alpha value is -2.18. The van der Waals surface area contributed by atoms with Crippen LogP contribution in [-0.4, -0.2) is 36.0 Å². The second-order valence-corrected chi connectivity index (χ2v) is 5.80. The molecule has 0 radical (unpaired) electrons. The number of amides is 1. The molecule has 128 valence electrons. The molecule has 0 saturated heterocycles. The molecule has 0 aliphatic carbocycles. The van der Waals surface area contributed by atoms with E-state index in [9.17, 15) is 4.79 Å². The number of nitrogens with one attached hydrogen (secondary N) is 1. The second kappa shape index (κ2) is 7.59. The minimum Gasteiger partial charge on any atom is -0.383 e. The van der Waals surface area contributed by atoms with Crippen molar-refractivity contribution in [3.05, 3.63) is 46.8 Å². The molecule has 0 unspecified atom stereocenters. The summed E-state index contributed by atoms with van der Waals surface area (Å²) >= 11 is 0. The zero-order valence-corrected chi connectivity index (χ0v) is 14.2. The SMILES string of the molecule is CCc1ccc(NC(=O)c2nn(CCOC)c3c2COCC3)cc1. The van der Waals surface area contributed by atoms with E-state index in [1.165, 1.54) is 5.56 Å². The highest BCUT2D eigenvalue weighted by molar-refractivity contribution is 6.04. The Morgan fingerprint density at radius 3 is 2.88 bits per heavy atom. The zero-order valence-electron chi connectivity index (χ0n) is 14.2. The van der Waals surface area contributed by atoms with Crippen LogP contribution in [0.25, 0.3) is 0 Å². The Bertz CT molecular complexity index is 707. The van der Waals surface area contributed by atoms with Crippen molar-refractivity contribution in [1.82, 2.24) is 9.78 Å². The highest BCUT2D eigenvalue weighted by atomic mass is 16.5. The summed E-state index contributed by atoms with van der Waals surface area (Å²) in [7, 11) is 1.66. The van der Waals surface area contributed by atoms with Crippen LogP contribution >= 0.6 is 0 Å². The first-order chi connectivity index (χ1) is 11.7. The third-order valence-corrected chi connectivity index (χ3v) is 4.24. The summed E-state index contributed by atoms with van der Waals surface area (Å²) < 4.78 is 12.5. The van der Waals surface area contributed by atoms with Crippen LogP contribution in [0.15, 0.2) is 24.3 Å². The summed E-state index contributed by atoms with van der Waals surface area (Å²) in [5.41, 5.74) is 4.42. The summed E-state index contributed by atoms with van der Waals surface area (Å²) in [6, 6.07) is 7.87. The van der Waals surface area contributed by atoms with Gasteiger partial charge in [0.1, 0.15) is 0 Å². The lowest BCUT2D eigenvalue weighted by atomic mass is 10.1. The van der Waals surface area contributed by atoms with Gasteiger partial charge in [-0.15, -0.1) is 0 Å². The molecule has 3 rings (SSSR count). The number of hydrogen-bond donors (Lipinski definition) is 1. The predicted molar refractivity (Wildman–Crippen MR) is 91.2 cm³/mol. The summed E-state index contributed by atoms with van der Waals surface area (Å²) in [6.07, 6.45) is 1.74. The number of nitrogens with zero attached hydrogens (tertiary/aromatic N) is 2. The largest absolute Gasteiger partial charge is 0.383 e. The van der Waals surface area contributed by atoms with Crippen molar-refractivity contribution < 1.29 is 14.3 Å². The fraction of sp³-hybridized carbons (Fsp3) is 0.444. The van der Waals surface area contributed by atoms with Gasteiger partial charge in [0, 0.05) is 30.5 Å². The number of anilines is 1. The average molecular weight is 329 g/mol. The Morgan fingerprint density at radius 1 is 1.38 bits per heavy atom. The Balaban J connectivity index is 1.81. The molecule has 2 aromatic rings. The molecule has 0 atom stereocenters. The lowest BCUT2D eigenvalue weighted by Crippen LogP contribution is -2.17. The first-order valence-electron chi connectivity index (χ1n) is 8.28. The van der Waals surface area contributed by atoms with Crippen LogP contribution in [-0.2, 0) is 35.5 Å². The molecule has 2 heterocycles. The number of aromatic nitrogens is 2. The number of fused-ring (bicyclic) bond motifs is 1. The van der Waals surface area contributed by atoms with Crippen LogP contribution in [0.3, 0.4) is 0 Å². The van der Waals surface area contributed by atoms with Crippen molar-refractivity contribution in [2.75, 3.05) is 25.6 Å². The maximum Gasteiger partial charge on any atom is 0.276 e. The van der Waals surface area contributed by atoms with Gasteiger partial charge in [0.25, 0.3) is 5.91 Å². The van der Waals surface area contributed by atoms with Crippen LogP contribution < -0.4 is 5.32 Å². The van der Waals surface area contributed by atoms with Gasteiger partial charge in [-0.05, 0) is 24.1 Å². The van der Waals surface area contributed by atoms with Crippen LogP contribution in [0.2, 0.25) is 0 Å². The van der Waals surface area contributed by atoms with Crippen LogP contribution in [0.5, 0.6) is 0 Å². The van der Waals surface area contributed by atoms with E-state index in [4.69, 9.17) is 9.47 Å². The van der Waals surface area contributed by atoms with E-state index in [0.717, 1.165) is 29.8 Å². The minimum absolute atomic E-state index is 0.197. The Labute approximate surface area is 141 Å². The standard InChI is InChI=1S/C18H23N3O3/c1-3-13-4-6-14(7-5-13)19-18(22)17-15-12-24-10-8-16(15)21(20-17)9-11-23-2/h4-7H,3,8-12H2,1-2H3,(H,19,22). The zero-order chi connectivity index (χ0) is 16.9. The van der Waals surface area contributed by atoms with Gasteiger partial charge in [-0.3, -0.25) is 9.48 Å². The predicted octanol–water partition coefficient (Wildman–Crippen LogP) is 2.42. The fourth-order valence-electron chi connectivity index (χ4n) is 2.87. The van der Waals surface area contributed by atoms with Crippen LogP contribution in [0.4, 0.5) is 5.69 Å². The highest BCUT2D eigenvalue weighted by Gasteiger charge is 2.25. The number of methoxy groups -OCH3 is 1. The van der Waals surface area contributed by atoms with Crippen molar-refractivity contribution >= 4 is 11.6 Å². The maximum atomic E-state index is 12.7. The van der Waals surface area contributed by atoms with Crippen LogP contribution in [0.1, 0.15) is 34.2 Å². The molecule has 0 spiro atoms. The molecular weight excluding hydrogens is 306 g/mol. The number of hydrogen-bond acceptors (Lipinski definition) is 4. The fourth-order valence-corrected chi connectivity index (χ4v) is 2.87. The third-order valence-electron chi connectivity index (χ3n) is 4.24. The number of ether oxygens (including phenoxy) is 2. The third kappa shape index (κ3) is 3.49. The maximum absolute atomic E-state index is 12.7. The summed E-state index contributed by atoms with van der Waals surface area (Å²) in [5.74, 6) is -0.197. The molecule has 0 fully saturated rings. The number of rotatable bonds is 6. The van der Waals surface area contributed by atoms with Gasteiger partial charge in [-0.1, -0.05) is 19.1 Å². The van der Waals surface area contributed by atoms with Crippen molar-refractivity contribution in [1.29, 1.82) is 0 Å². The first kappa shape index (κ1) is 16.7. The van der Waals surface area contributed by atoms with Crippen molar-refractivity contribution in [2.24, 2.45) is 0 Å². The van der Waals surface area contributed by atoms with Gasteiger partial charge < -0.3 is 14.8 Å². The molecule has 24 heavy (non-hydrogen) atoms. The topological polar surface area (TPSA) is 65.4 Å². The quantitative estimate of drug-likeness (QED) is 0.884. The number of carbonyl (C=O) groups is 1. The highest BCUT2D eigenvalue weighted by Crippen LogP contribution is 2.22. The van der Waals surface area contributed by atoms with Crippen molar-refractivity contribution in [2.45, 2.75) is 32.9 Å². The van der Waals surface area contributed by atoms with Gasteiger partial charge in [-0.2, -0.15) is 5.10 Å². The molecule has 1 amide bonds. The molecule has 1 aromatic carbocycles. The Kier molecular flexibility index (Phi) is 5.27. The van der Waals surface area contributed by atoms with E-state index < -0.39 is 0 Å². The average Bonchev–Trinajstić information content (AvgIpc) is 2.99. The second-order valence-electron chi connectivity index (χ2n) is 5.80. The van der Waals surface area contributed by atoms with Gasteiger partial charge >= 0.3 is 0 Å². The number of aryl methyl sites for hydroxylation is 1. The van der Waals surface area contributed by atoms with Gasteiger partial charge in [-0.25, -0.2) is 0 Å². The molecule has 1 aliphatic rings. The van der Waals surface area contributed by atoms with Gasteiger partial charge in [0.05, 0.1) is 26.4 Å². The molecule has 6 heteroatoms. The van der Waals surface area contributed by atoms with E-state index in [-0.39, 0.29) is 5.91 Å². The molecule has 0 bridgehead atoms. The van der Waals surface area contributed by atoms with E-state index >= 15 is 0 Å². The van der Waals surface area contributed by atoms with Gasteiger partial charge in [0.2, 0.25) is 0 Å². The monoisotopic (exact) mass is 329 g/mol. The lowest BCUT2D eigenvalue weighted by molar-refractivity contribution is 0.0983. The van der Waals surface area contributed by atoms with Crippen LogP contribution in [0, 0.1) is 0 Å². The Morgan fingerprint density at radius 2 is 2.17 bits per heavy atom. The summed E-state index contributed by atoms with van der Waals surface area (Å²) in [5, 5.41) is 7.43.